The molecule has 1 aliphatic carbocycles. The van der Waals surface area contributed by atoms with Crippen LogP contribution in [0.25, 0.3) is 0 Å². The maximum Gasteiger partial charge on any atom is 0.246 e. The second-order valence-electron chi connectivity index (χ2n) is 6.22. The molecule has 3 N–H and O–H groups in total. The van der Waals surface area contributed by atoms with Gasteiger partial charge in [-0.2, -0.15) is 0 Å². The van der Waals surface area contributed by atoms with E-state index in [2.05, 4.69) is 10.3 Å². The normalized spacial score (nSPS) is 16.8. The van der Waals surface area contributed by atoms with E-state index in [0.717, 1.165) is 30.2 Å². The molecule has 0 aliphatic heterocycles. The van der Waals surface area contributed by atoms with Crippen LogP contribution in [-0.4, -0.2) is 16.4 Å². The van der Waals surface area contributed by atoms with Gasteiger partial charge in [-0.15, -0.1) is 11.3 Å². The molecule has 0 unspecified atom stereocenters. The van der Waals surface area contributed by atoms with Gasteiger partial charge in [-0.05, 0) is 24.5 Å². The molecule has 1 amide bonds. The van der Waals surface area contributed by atoms with Crippen LogP contribution in [0.2, 0.25) is 0 Å². The molecule has 0 radical (unpaired) electrons. The van der Waals surface area contributed by atoms with Crippen molar-refractivity contribution in [2.24, 2.45) is 5.73 Å². The number of anilines is 1. The van der Waals surface area contributed by atoms with E-state index >= 15 is 0 Å². The number of carbonyl (C=O) groups is 1. The fraction of sp³-hybridized carbons (Fsp3) is 0.412. The van der Waals surface area contributed by atoms with Crippen molar-refractivity contribution < 1.29 is 13.6 Å². The predicted octanol–water partition coefficient (Wildman–Crippen LogP) is 3.61. The Kier molecular flexibility index (Phi) is 4.91. The average Bonchev–Trinajstić information content (AvgIpc) is 2.98. The maximum atomic E-state index is 13.7. The third-order valence-electron chi connectivity index (χ3n) is 4.35. The van der Waals surface area contributed by atoms with Crippen molar-refractivity contribution in [1.29, 1.82) is 0 Å². The minimum atomic E-state index is -0.826. The summed E-state index contributed by atoms with van der Waals surface area (Å²) in [7, 11) is 0. The number of rotatable bonds is 4. The zero-order valence-corrected chi connectivity index (χ0v) is 14.0. The Bertz CT molecular complexity index is 741. The van der Waals surface area contributed by atoms with Crippen LogP contribution in [0.15, 0.2) is 24.4 Å². The minimum Gasteiger partial charge on any atom is -0.317 e. The zero-order valence-electron chi connectivity index (χ0n) is 13.1. The predicted molar refractivity (Wildman–Crippen MR) is 89.9 cm³/mol. The Morgan fingerprint density at radius 2 is 2.04 bits per heavy atom. The van der Waals surface area contributed by atoms with Gasteiger partial charge >= 0.3 is 0 Å². The van der Waals surface area contributed by atoms with Gasteiger partial charge in [0.2, 0.25) is 5.91 Å². The molecule has 0 saturated heterocycles. The average molecular weight is 351 g/mol. The summed E-state index contributed by atoms with van der Waals surface area (Å²) in [6, 6.07) is 3.50. The molecule has 4 nitrogen and oxygen atoms in total. The molecule has 1 aromatic heterocycles. The number of thiazole rings is 1. The van der Waals surface area contributed by atoms with Crippen LogP contribution < -0.4 is 11.1 Å². The number of hydrogen-bond donors (Lipinski definition) is 2. The fourth-order valence-corrected chi connectivity index (χ4v) is 3.76. The number of amides is 1. The highest BCUT2D eigenvalue weighted by Crippen LogP contribution is 2.28. The van der Waals surface area contributed by atoms with Crippen molar-refractivity contribution in [2.75, 3.05) is 5.32 Å². The van der Waals surface area contributed by atoms with E-state index in [-0.39, 0.29) is 5.91 Å². The molecule has 3 rings (SSSR count). The van der Waals surface area contributed by atoms with Gasteiger partial charge in [0.15, 0.2) is 5.13 Å². The van der Waals surface area contributed by atoms with Crippen LogP contribution in [0.1, 0.15) is 42.5 Å². The van der Waals surface area contributed by atoms with Gasteiger partial charge < -0.3 is 11.1 Å². The van der Waals surface area contributed by atoms with Crippen LogP contribution in [0, 0.1) is 11.6 Å². The van der Waals surface area contributed by atoms with Crippen molar-refractivity contribution in [2.45, 2.75) is 44.1 Å². The fourth-order valence-electron chi connectivity index (χ4n) is 2.93. The third-order valence-corrected chi connectivity index (χ3v) is 5.26. The molecular formula is C17H19F2N3OS. The molecule has 128 valence electrons. The highest BCUT2D eigenvalue weighted by atomic mass is 32.1. The van der Waals surface area contributed by atoms with Crippen LogP contribution in [0.3, 0.4) is 0 Å². The molecule has 2 aromatic rings. The quantitative estimate of drug-likeness (QED) is 0.884. The van der Waals surface area contributed by atoms with Gasteiger partial charge in [-0.25, -0.2) is 13.8 Å². The van der Waals surface area contributed by atoms with E-state index in [0.29, 0.717) is 30.0 Å². The lowest BCUT2D eigenvalue weighted by Gasteiger charge is -2.31. The van der Waals surface area contributed by atoms with Crippen molar-refractivity contribution in [3.05, 3.63) is 46.5 Å². The van der Waals surface area contributed by atoms with Gasteiger partial charge in [-0.1, -0.05) is 25.3 Å². The van der Waals surface area contributed by atoms with Gasteiger partial charge in [-0.3, -0.25) is 4.79 Å². The highest BCUT2D eigenvalue weighted by molar-refractivity contribution is 7.15. The third kappa shape index (κ3) is 3.79. The Labute approximate surface area is 143 Å². The van der Waals surface area contributed by atoms with E-state index in [4.69, 9.17) is 5.73 Å². The summed E-state index contributed by atoms with van der Waals surface area (Å²) in [6.45, 7) is 0. The number of benzene rings is 1. The van der Waals surface area contributed by atoms with E-state index in [1.807, 2.05) is 0 Å². The first-order valence-electron chi connectivity index (χ1n) is 7.95. The number of nitrogens with zero attached hydrogens (tertiary/aromatic N) is 1. The van der Waals surface area contributed by atoms with Crippen LogP contribution in [0.4, 0.5) is 13.9 Å². The lowest BCUT2D eigenvalue weighted by molar-refractivity contribution is -0.122. The number of hydrogen-bond acceptors (Lipinski definition) is 4. The first-order chi connectivity index (χ1) is 11.5. The highest BCUT2D eigenvalue weighted by Gasteiger charge is 2.35. The molecular weight excluding hydrogens is 332 g/mol. The lowest BCUT2D eigenvalue weighted by Crippen LogP contribution is -2.52. The van der Waals surface area contributed by atoms with Gasteiger partial charge in [0, 0.05) is 23.6 Å². The minimum absolute atomic E-state index is 0.212. The van der Waals surface area contributed by atoms with E-state index < -0.39 is 17.2 Å². The summed E-state index contributed by atoms with van der Waals surface area (Å²) in [5, 5.41) is 3.22. The largest absolute Gasteiger partial charge is 0.317 e. The summed E-state index contributed by atoms with van der Waals surface area (Å²) >= 11 is 1.27. The summed E-state index contributed by atoms with van der Waals surface area (Å²) in [6.07, 6.45) is 6.26. The Hall–Kier alpha value is -1.86. The number of nitrogens with one attached hydrogen (secondary N) is 1. The number of nitrogens with two attached hydrogens (primary N) is 1. The van der Waals surface area contributed by atoms with Crippen molar-refractivity contribution in [3.8, 4) is 0 Å². The number of aromatic nitrogens is 1. The summed E-state index contributed by atoms with van der Waals surface area (Å²) in [5.41, 5.74) is 5.76. The molecule has 24 heavy (non-hydrogen) atoms. The van der Waals surface area contributed by atoms with Crippen molar-refractivity contribution in [3.63, 3.8) is 0 Å². The Balaban J connectivity index is 1.66. The summed E-state index contributed by atoms with van der Waals surface area (Å²) < 4.78 is 26.6. The molecule has 0 atom stereocenters. The van der Waals surface area contributed by atoms with Crippen molar-refractivity contribution in [1.82, 2.24) is 4.98 Å². The molecule has 0 spiro atoms. The van der Waals surface area contributed by atoms with E-state index in [1.54, 1.807) is 6.20 Å². The molecule has 1 saturated carbocycles. The number of carbonyl (C=O) groups excluding carboxylic acids is 1. The van der Waals surface area contributed by atoms with Gasteiger partial charge in [0.25, 0.3) is 0 Å². The maximum absolute atomic E-state index is 13.7. The smallest absolute Gasteiger partial charge is 0.246 e. The topological polar surface area (TPSA) is 68.0 Å². The first kappa shape index (κ1) is 17.0. The molecule has 1 aliphatic rings. The molecule has 7 heteroatoms. The number of halogens is 2. The standard InChI is InChI=1S/C17H19F2N3OS/c18-12-5-4-11(14(19)9-12)8-13-10-21-16(24-13)22-15(23)17(20)6-2-1-3-7-17/h4-5,9-10H,1-3,6-8,20H2,(H,21,22,23). The molecule has 1 heterocycles. The van der Waals surface area contributed by atoms with Crippen LogP contribution in [0.5, 0.6) is 0 Å². The van der Waals surface area contributed by atoms with Crippen LogP contribution >= 0.6 is 11.3 Å². The van der Waals surface area contributed by atoms with Gasteiger partial charge in [0.05, 0.1) is 5.54 Å². The SMILES string of the molecule is NC1(C(=O)Nc2ncc(Cc3ccc(F)cc3F)s2)CCCCC1. The van der Waals surface area contributed by atoms with E-state index in [1.165, 1.54) is 23.5 Å². The molecule has 1 fully saturated rings. The monoisotopic (exact) mass is 351 g/mol. The lowest BCUT2D eigenvalue weighted by atomic mass is 9.82. The zero-order chi connectivity index (χ0) is 17.2. The van der Waals surface area contributed by atoms with Crippen LogP contribution in [-0.2, 0) is 11.2 Å². The second kappa shape index (κ2) is 6.94. The summed E-state index contributed by atoms with van der Waals surface area (Å²) in [4.78, 5) is 17.3. The van der Waals surface area contributed by atoms with Crippen molar-refractivity contribution >= 4 is 22.4 Å². The first-order valence-corrected chi connectivity index (χ1v) is 8.77. The molecule has 1 aromatic carbocycles. The Morgan fingerprint density at radius 1 is 1.29 bits per heavy atom. The molecule has 0 bridgehead atoms. The van der Waals surface area contributed by atoms with Gasteiger partial charge in [0.1, 0.15) is 11.6 Å². The Morgan fingerprint density at radius 3 is 2.75 bits per heavy atom. The second-order valence-corrected chi connectivity index (χ2v) is 7.33. The van der Waals surface area contributed by atoms with E-state index in [9.17, 15) is 13.6 Å². The summed E-state index contributed by atoms with van der Waals surface area (Å²) in [5.74, 6) is -1.40.